The monoisotopic (exact) mass is 541 g/mol. The Kier molecular flexibility index (Phi) is 7.47. The maximum atomic E-state index is 13.0. The third-order valence-corrected chi connectivity index (χ3v) is 8.37. The van der Waals surface area contributed by atoms with Gasteiger partial charge in [-0.15, -0.1) is 0 Å². The molecule has 1 fully saturated rings. The van der Waals surface area contributed by atoms with Crippen molar-refractivity contribution in [3.05, 3.63) is 82.9 Å². The van der Waals surface area contributed by atoms with Gasteiger partial charge in [0.25, 0.3) is 0 Å². The zero-order valence-electron chi connectivity index (χ0n) is 21.4. The maximum Gasteiger partial charge on any atom is 0.416 e. The highest BCUT2D eigenvalue weighted by atomic mass is 32.2. The van der Waals surface area contributed by atoms with E-state index in [-0.39, 0.29) is 12.0 Å². The van der Waals surface area contributed by atoms with Crippen LogP contribution in [0, 0.1) is 6.92 Å². The fourth-order valence-corrected chi connectivity index (χ4v) is 6.54. The van der Waals surface area contributed by atoms with Gasteiger partial charge in [0, 0.05) is 23.4 Å². The fraction of sp³-hybridized carbons (Fsp3) is 0.367. The summed E-state index contributed by atoms with van der Waals surface area (Å²) in [6, 6.07) is 17.7. The van der Waals surface area contributed by atoms with Gasteiger partial charge in [0.2, 0.25) is 0 Å². The van der Waals surface area contributed by atoms with Crippen molar-refractivity contribution >= 4 is 17.9 Å². The summed E-state index contributed by atoms with van der Waals surface area (Å²) in [6.45, 7) is 5.62. The first-order valence-corrected chi connectivity index (χ1v) is 13.6. The topological polar surface area (TPSA) is 38.8 Å². The maximum absolute atomic E-state index is 13.0. The number of hydrogen-bond donors (Lipinski definition) is 0. The molecule has 0 amide bonds. The highest BCUT2D eigenvalue weighted by Crippen LogP contribution is 2.50. The third kappa shape index (κ3) is 5.57. The Morgan fingerprint density at radius 2 is 1.76 bits per heavy atom. The molecule has 1 aliphatic heterocycles. The second-order valence-corrected chi connectivity index (χ2v) is 11.2. The Labute approximate surface area is 225 Å². The average Bonchev–Trinajstić information content (AvgIpc) is 2.86. The van der Waals surface area contributed by atoms with E-state index in [1.54, 1.807) is 31.0 Å². The predicted molar refractivity (Wildman–Crippen MR) is 142 cm³/mol. The minimum Gasteiger partial charge on any atom is -0.482 e. The van der Waals surface area contributed by atoms with Crippen LogP contribution in [0.25, 0.3) is 11.1 Å². The van der Waals surface area contributed by atoms with E-state index in [1.807, 2.05) is 25.1 Å². The molecule has 4 nitrogen and oxygen atoms in total. The van der Waals surface area contributed by atoms with Gasteiger partial charge in [-0.05, 0) is 103 Å². The molecule has 1 aliphatic carbocycles. The van der Waals surface area contributed by atoms with E-state index in [2.05, 4.69) is 22.5 Å². The Morgan fingerprint density at radius 1 is 1.03 bits per heavy atom. The van der Waals surface area contributed by atoms with Crippen molar-refractivity contribution in [2.75, 3.05) is 19.8 Å². The third-order valence-electron chi connectivity index (χ3n) is 7.39. The van der Waals surface area contributed by atoms with E-state index in [1.165, 1.54) is 17.5 Å². The molecule has 8 heteroatoms. The lowest BCUT2D eigenvalue weighted by Crippen LogP contribution is -2.47. The molecule has 1 heterocycles. The SMILES string of the molecule is CCOC(=O)COc1ccc(SN2Cc3cc(-c4ccc(C(F)(F)F)cc4)ccc3C3(CCC3)C2)cc1C. The van der Waals surface area contributed by atoms with Crippen molar-refractivity contribution in [2.45, 2.75) is 56.1 Å². The van der Waals surface area contributed by atoms with Crippen molar-refractivity contribution in [3.8, 4) is 16.9 Å². The number of ether oxygens (including phenoxy) is 2. The number of esters is 1. The summed E-state index contributed by atoms with van der Waals surface area (Å²) in [5.74, 6) is 0.266. The van der Waals surface area contributed by atoms with Gasteiger partial charge < -0.3 is 9.47 Å². The van der Waals surface area contributed by atoms with Crippen molar-refractivity contribution < 1.29 is 27.4 Å². The summed E-state index contributed by atoms with van der Waals surface area (Å²) in [6.07, 6.45) is -0.872. The molecule has 0 atom stereocenters. The van der Waals surface area contributed by atoms with E-state index in [4.69, 9.17) is 9.47 Å². The number of carbonyl (C=O) groups is 1. The lowest BCUT2D eigenvalue weighted by atomic mass is 9.62. The van der Waals surface area contributed by atoms with Crippen LogP contribution in [-0.2, 0) is 27.7 Å². The number of benzene rings is 3. The van der Waals surface area contributed by atoms with E-state index < -0.39 is 17.7 Å². The highest BCUT2D eigenvalue weighted by molar-refractivity contribution is 7.97. The molecule has 1 saturated carbocycles. The smallest absolute Gasteiger partial charge is 0.416 e. The number of nitrogens with zero attached hydrogens (tertiary/aromatic N) is 1. The van der Waals surface area contributed by atoms with Gasteiger partial charge in [-0.25, -0.2) is 9.10 Å². The van der Waals surface area contributed by atoms with Crippen LogP contribution in [-0.4, -0.2) is 30.0 Å². The molecule has 0 aromatic heterocycles. The number of fused-ring (bicyclic) bond motifs is 2. The summed E-state index contributed by atoms with van der Waals surface area (Å²) in [5.41, 5.74) is 4.74. The lowest BCUT2D eigenvalue weighted by Gasteiger charge is -2.49. The molecule has 3 aromatic carbocycles. The van der Waals surface area contributed by atoms with Gasteiger partial charge >= 0.3 is 12.1 Å². The van der Waals surface area contributed by atoms with Gasteiger partial charge in [-0.3, -0.25) is 0 Å². The Morgan fingerprint density at radius 3 is 2.39 bits per heavy atom. The molecule has 1 spiro atoms. The molecule has 2 aliphatic rings. The molecular formula is C30H30F3NO3S. The van der Waals surface area contributed by atoms with Crippen LogP contribution in [0.2, 0.25) is 0 Å². The average molecular weight is 542 g/mol. The Balaban J connectivity index is 1.33. The summed E-state index contributed by atoms with van der Waals surface area (Å²) in [4.78, 5) is 12.7. The van der Waals surface area contributed by atoms with E-state index in [9.17, 15) is 18.0 Å². The summed E-state index contributed by atoms with van der Waals surface area (Å²) in [7, 11) is 0. The van der Waals surface area contributed by atoms with Crippen LogP contribution >= 0.6 is 11.9 Å². The normalized spacial score (nSPS) is 16.6. The van der Waals surface area contributed by atoms with E-state index in [0.29, 0.717) is 12.4 Å². The first-order valence-electron chi connectivity index (χ1n) is 12.8. The summed E-state index contributed by atoms with van der Waals surface area (Å²) < 4.78 is 52.0. The van der Waals surface area contributed by atoms with E-state index >= 15 is 0 Å². The second kappa shape index (κ2) is 10.7. The molecule has 38 heavy (non-hydrogen) atoms. The Bertz CT molecular complexity index is 1320. The van der Waals surface area contributed by atoms with Crippen LogP contribution in [0.3, 0.4) is 0 Å². The number of halogens is 3. The minimum atomic E-state index is -4.34. The molecule has 3 aromatic rings. The van der Waals surface area contributed by atoms with Crippen molar-refractivity contribution in [1.82, 2.24) is 4.31 Å². The van der Waals surface area contributed by atoms with Crippen LogP contribution in [0.15, 0.2) is 65.6 Å². The summed E-state index contributed by atoms with van der Waals surface area (Å²) in [5, 5.41) is 0. The van der Waals surface area contributed by atoms with Gasteiger partial charge in [0.05, 0.1) is 12.2 Å². The fourth-order valence-electron chi connectivity index (χ4n) is 5.37. The molecule has 5 rings (SSSR count). The van der Waals surface area contributed by atoms with Crippen molar-refractivity contribution in [3.63, 3.8) is 0 Å². The van der Waals surface area contributed by atoms with Crippen LogP contribution in [0.4, 0.5) is 13.2 Å². The van der Waals surface area contributed by atoms with Crippen LogP contribution in [0.5, 0.6) is 5.75 Å². The predicted octanol–water partition coefficient (Wildman–Crippen LogP) is 7.57. The molecule has 0 radical (unpaired) electrons. The van der Waals surface area contributed by atoms with Gasteiger partial charge in [0.15, 0.2) is 6.61 Å². The van der Waals surface area contributed by atoms with Gasteiger partial charge in [-0.1, -0.05) is 30.7 Å². The molecular weight excluding hydrogens is 511 g/mol. The van der Waals surface area contributed by atoms with Crippen molar-refractivity contribution in [2.24, 2.45) is 0 Å². The van der Waals surface area contributed by atoms with E-state index in [0.717, 1.165) is 59.6 Å². The van der Waals surface area contributed by atoms with Crippen LogP contribution in [0.1, 0.15) is 48.4 Å². The van der Waals surface area contributed by atoms with Gasteiger partial charge in [-0.2, -0.15) is 13.2 Å². The lowest BCUT2D eigenvalue weighted by molar-refractivity contribution is -0.145. The van der Waals surface area contributed by atoms with Crippen molar-refractivity contribution in [1.29, 1.82) is 0 Å². The first-order chi connectivity index (χ1) is 18.2. The molecule has 0 bridgehead atoms. The molecule has 0 unspecified atom stereocenters. The van der Waals surface area contributed by atoms with Gasteiger partial charge in [0.1, 0.15) is 5.75 Å². The largest absolute Gasteiger partial charge is 0.482 e. The number of aryl methyl sites for hydroxylation is 1. The zero-order chi connectivity index (χ0) is 26.9. The number of carbonyl (C=O) groups excluding carboxylic acids is 1. The number of alkyl halides is 3. The number of hydrogen-bond acceptors (Lipinski definition) is 5. The quantitative estimate of drug-likeness (QED) is 0.228. The Hall–Kier alpha value is -2.97. The summed E-state index contributed by atoms with van der Waals surface area (Å²) >= 11 is 1.70. The highest BCUT2D eigenvalue weighted by Gasteiger charge is 2.44. The number of rotatable bonds is 7. The molecule has 0 saturated heterocycles. The first kappa shape index (κ1) is 26.6. The molecule has 0 N–H and O–H groups in total. The standard InChI is InChI=1S/C30H30F3NO3S/c1-3-36-28(35)18-37-27-12-10-25(15-20(27)2)38-34-17-23-16-22(7-11-26(23)29(19-34)13-4-14-29)21-5-8-24(9-6-21)30(31,32)33/h5-12,15-16H,3-4,13-14,17-19H2,1-2H3. The second-order valence-electron chi connectivity index (χ2n) is 9.99. The minimum absolute atomic E-state index is 0.117. The molecule has 200 valence electrons. The zero-order valence-corrected chi connectivity index (χ0v) is 22.3. The van der Waals surface area contributed by atoms with Crippen LogP contribution < -0.4 is 4.74 Å².